The Bertz CT molecular complexity index is 642. The highest BCUT2D eigenvalue weighted by Crippen LogP contribution is 2.14. The van der Waals surface area contributed by atoms with Gasteiger partial charge in [0.1, 0.15) is 5.69 Å². The van der Waals surface area contributed by atoms with Crippen molar-refractivity contribution in [3.8, 4) is 0 Å². The predicted molar refractivity (Wildman–Crippen MR) is 94.1 cm³/mol. The number of carbonyl (C=O) groups is 2. The number of hydrogen-bond acceptors (Lipinski definition) is 4. The number of anilines is 1. The Kier molecular flexibility index (Phi) is 5.92. The van der Waals surface area contributed by atoms with Crippen LogP contribution in [0.1, 0.15) is 23.8 Å². The molecule has 0 aliphatic carbocycles. The minimum atomic E-state index is -0.295. The molecular formula is C17H25N5O2. The van der Waals surface area contributed by atoms with E-state index in [4.69, 9.17) is 0 Å². The van der Waals surface area contributed by atoms with Crippen LogP contribution in [0.25, 0.3) is 0 Å². The largest absolute Gasteiger partial charge is 0.343 e. The Morgan fingerprint density at radius 3 is 2.75 bits per heavy atom. The molecule has 1 aromatic rings. The van der Waals surface area contributed by atoms with Crippen molar-refractivity contribution >= 4 is 17.6 Å². The zero-order valence-corrected chi connectivity index (χ0v) is 14.7. The summed E-state index contributed by atoms with van der Waals surface area (Å²) < 4.78 is 0. The Morgan fingerprint density at radius 1 is 1.38 bits per heavy atom. The Morgan fingerprint density at radius 2 is 2.12 bits per heavy atom. The van der Waals surface area contributed by atoms with Crippen molar-refractivity contribution in [2.75, 3.05) is 39.5 Å². The quantitative estimate of drug-likeness (QED) is 0.821. The second-order valence-corrected chi connectivity index (χ2v) is 6.24. The fourth-order valence-electron chi connectivity index (χ4n) is 2.49. The monoisotopic (exact) mass is 331 g/mol. The van der Waals surface area contributed by atoms with Crippen molar-refractivity contribution in [1.82, 2.24) is 20.1 Å². The fourth-order valence-corrected chi connectivity index (χ4v) is 2.49. The summed E-state index contributed by atoms with van der Waals surface area (Å²) in [5.41, 5.74) is 2.07. The molecule has 0 fully saturated rings. The second-order valence-electron chi connectivity index (χ2n) is 6.24. The van der Waals surface area contributed by atoms with Crippen LogP contribution < -0.4 is 10.6 Å². The minimum absolute atomic E-state index is 0.0246. The van der Waals surface area contributed by atoms with E-state index in [1.54, 1.807) is 26.2 Å². The molecule has 130 valence electrons. The van der Waals surface area contributed by atoms with Crippen LogP contribution in [0, 0.1) is 0 Å². The van der Waals surface area contributed by atoms with E-state index < -0.39 is 0 Å². The molecule has 2 rings (SSSR count). The van der Waals surface area contributed by atoms with E-state index in [0.717, 1.165) is 19.5 Å². The molecule has 1 aliphatic rings. The fraction of sp³-hybridized carbons (Fsp3) is 0.471. The van der Waals surface area contributed by atoms with Crippen LogP contribution in [0.4, 0.5) is 10.5 Å². The maximum absolute atomic E-state index is 12.2. The molecule has 1 aliphatic heterocycles. The van der Waals surface area contributed by atoms with Crippen molar-refractivity contribution in [3.63, 3.8) is 0 Å². The van der Waals surface area contributed by atoms with Gasteiger partial charge in [0.15, 0.2) is 0 Å². The molecule has 0 radical (unpaired) electrons. The maximum atomic E-state index is 12.2. The smallest absolute Gasteiger partial charge is 0.319 e. The molecule has 1 aromatic heterocycles. The summed E-state index contributed by atoms with van der Waals surface area (Å²) in [6, 6.07) is 2.91. The number of carbonyl (C=O) groups excluding carboxylic acids is 2. The molecular weight excluding hydrogens is 306 g/mol. The third-order valence-corrected chi connectivity index (χ3v) is 3.99. The molecule has 0 aromatic carbocycles. The van der Waals surface area contributed by atoms with Crippen LogP contribution in [-0.4, -0.2) is 67.0 Å². The van der Waals surface area contributed by atoms with Gasteiger partial charge in [0.2, 0.25) is 0 Å². The van der Waals surface area contributed by atoms with Crippen molar-refractivity contribution in [2.45, 2.75) is 19.4 Å². The Balaban J connectivity index is 1.95. The second kappa shape index (κ2) is 7.92. The lowest BCUT2D eigenvalue weighted by atomic mass is 10.0. The highest BCUT2D eigenvalue weighted by atomic mass is 16.2. The van der Waals surface area contributed by atoms with E-state index in [2.05, 4.69) is 33.6 Å². The van der Waals surface area contributed by atoms with E-state index in [1.165, 1.54) is 16.7 Å². The molecule has 0 spiro atoms. The van der Waals surface area contributed by atoms with Crippen molar-refractivity contribution in [2.24, 2.45) is 0 Å². The van der Waals surface area contributed by atoms with E-state index >= 15 is 0 Å². The van der Waals surface area contributed by atoms with Crippen LogP contribution >= 0.6 is 0 Å². The number of hydrogen-bond donors (Lipinski definition) is 2. The highest BCUT2D eigenvalue weighted by Gasteiger charge is 2.16. The summed E-state index contributed by atoms with van der Waals surface area (Å²) in [5.74, 6) is -0.205. The van der Waals surface area contributed by atoms with Gasteiger partial charge in [-0.05, 0) is 38.1 Å². The SMILES string of the molecule is CC(NC(=O)Nc1ccnc(C(=O)N(C)C)c1)C1=CCN(C)CC1. The van der Waals surface area contributed by atoms with E-state index in [9.17, 15) is 9.59 Å². The van der Waals surface area contributed by atoms with Gasteiger partial charge in [-0.2, -0.15) is 0 Å². The number of amides is 3. The van der Waals surface area contributed by atoms with Crippen LogP contribution in [0.15, 0.2) is 30.0 Å². The van der Waals surface area contributed by atoms with Gasteiger partial charge in [-0.15, -0.1) is 0 Å². The molecule has 0 saturated heterocycles. The summed E-state index contributed by atoms with van der Waals surface area (Å²) in [6.45, 7) is 3.88. The van der Waals surface area contributed by atoms with Gasteiger partial charge in [0.05, 0.1) is 0 Å². The topological polar surface area (TPSA) is 77.6 Å². The lowest BCUT2D eigenvalue weighted by molar-refractivity contribution is 0.0822. The number of urea groups is 1. The average molecular weight is 331 g/mol. The molecule has 7 nitrogen and oxygen atoms in total. The summed E-state index contributed by atoms with van der Waals surface area (Å²) in [6.07, 6.45) is 4.62. The van der Waals surface area contributed by atoms with E-state index in [-0.39, 0.29) is 18.0 Å². The number of pyridine rings is 1. The zero-order valence-electron chi connectivity index (χ0n) is 14.7. The van der Waals surface area contributed by atoms with Gasteiger partial charge >= 0.3 is 6.03 Å². The molecule has 0 saturated carbocycles. The Labute approximate surface area is 142 Å². The van der Waals surface area contributed by atoms with Gasteiger partial charge in [0, 0.05) is 45.1 Å². The number of aromatic nitrogens is 1. The number of nitrogens with zero attached hydrogens (tertiary/aromatic N) is 3. The first-order valence-corrected chi connectivity index (χ1v) is 7.99. The van der Waals surface area contributed by atoms with Crippen LogP contribution in [0.3, 0.4) is 0 Å². The third kappa shape index (κ3) is 4.79. The summed E-state index contributed by atoms with van der Waals surface area (Å²) in [4.78, 5) is 31.8. The predicted octanol–water partition coefficient (Wildman–Crippen LogP) is 1.56. The molecule has 2 N–H and O–H groups in total. The number of rotatable bonds is 4. The van der Waals surface area contributed by atoms with E-state index in [0.29, 0.717) is 11.4 Å². The molecule has 1 unspecified atom stereocenters. The van der Waals surface area contributed by atoms with Crippen LogP contribution in [0.5, 0.6) is 0 Å². The first-order valence-electron chi connectivity index (χ1n) is 7.99. The van der Waals surface area contributed by atoms with Gasteiger partial charge < -0.3 is 20.4 Å². The Hall–Kier alpha value is -2.41. The lowest BCUT2D eigenvalue weighted by Crippen LogP contribution is -2.39. The zero-order chi connectivity index (χ0) is 17.7. The van der Waals surface area contributed by atoms with Crippen molar-refractivity contribution < 1.29 is 9.59 Å². The van der Waals surface area contributed by atoms with Crippen LogP contribution in [0.2, 0.25) is 0 Å². The van der Waals surface area contributed by atoms with Gasteiger partial charge in [-0.25, -0.2) is 4.79 Å². The minimum Gasteiger partial charge on any atom is -0.343 e. The molecule has 24 heavy (non-hydrogen) atoms. The van der Waals surface area contributed by atoms with E-state index in [1.807, 2.05) is 6.92 Å². The number of nitrogens with one attached hydrogen (secondary N) is 2. The molecule has 2 heterocycles. The first-order chi connectivity index (χ1) is 11.4. The van der Waals surface area contributed by atoms with Crippen molar-refractivity contribution in [3.05, 3.63) is 35.7 Å². The van der Waals surface area contributed by atoms with Gasteiger partial charge in [-0.1, -0.05) is 6.08 Å². The van der Waals surface area contributed by atoms with Gasteiger partial charge in [0.25, 0.3) is 5.91 Å². The molecule has 3 amide bonds. The maximum Gasteiger partial charge on any atom is 0.319 e. The van der Waals surface area contributed by atoms with Crippen molar-refractivity contribution in [1.29, 1.82) is 0 Å². The standard InChI is InChI=1S/C17H25N5O2/c1-12(13-6-9-22(4)10-7-13)19-17(24)20-14-5-8-18-15(11-14)16(23)21(2)3/h5-6,8,11-12H,7,9-10H2,1-4H3,(H2,18,19,20,24). The highest BCUT2D eigenvalue weighted by molar-refractivity contribution is 5.95. The summed E-state index contributed by atoms with van der Waals surface area (Å²) in [5, 5.41) is 5.69. The summed E-state index contributed by atoms with van der Waals surface area (Å²) in [7, 11) is 5.40. The average Bonchev–Trinajstić information content (AvgIpc) is 2.54. The molecule has 1 atom stereocenters. The first kappa shape index (κ1) is 17.9. The lowest BCUT2D eigenvalue weighted by Gasteiger charge is -2.26. The van der Waals surface area contributed by atoms with Crippen LogP contribution in [-0.2, 0) is 0 Å². The molecule has 0 bridgehead atoms. The normalized spacial score (nSPS) is 16.1. The third-order valence-electron chi connectivity index (χ3n) is 3.99. The number of likely N-dealkylation sites (N-methyl/N-ethyl adjacent to an activating group) is 1. The molecule has 7 heteroatoms. The van der Waals surface area contributed by atoms with Gasteiger partial charge in [-0.3, -0.25) is 9.78 Å². The summed E-state index contributed by atoms with van der Waals surface area (Å²) >= 11 is 0.